The second-order valence-electron chi connectivity index (χ2n) is 5.25. The molecule has 1 atom stereocenters. The van der Waals surface area contributed by atoms with E-state index >= 15 is 0 Å². The normalized spacial score (nSPS) is 20.3. The van der Waals surface area contributed by atoms with Crippen LogP contribution in [0.1, 0.15) is 17.4 Å². The van der Waals surface area contributed by atoms with Crippen LogP contribution in [0.25, 0.3) is 11.5 Å². The highest BCUT2D eigenvalue weighted by molar-refractivity contribution is 5.93. The largest absolute Gasteiger partial charge is 0.463 e. The van der Waals surface area contributed by atoms with Crippen molar-refractivity contribution in [2.45, 2.75) is 13.0 Å². The first kappa shape index (κ1) is 12.9. The molecule has 0 unspecified atom stereocenters. The zero-order valence-electron chi connectivity index (χ0n) is 11.7. The van der Waals surface area contributed by atoms with Crippen LogP contribution in [0.2, 0.25) is 0 Å². The summed E-state index contributed by atoms with van der Waals surface area (Å²) in [4.78, 5) is 16.6. The average Bonchev–Trinajstić information content (AvgIpc) is 3.09. The van der Waals surface area contributed by atoms with Crippen molar-refractivity contribution in [3.63, 3.8) is 0 Å². The summed E-state index contributed by atoms with van der Waals surface area (Å²) in [5.41, 5.74) is 1.16. The van der Waals surface area contributed by atoms with Gasteiger partial charge < -0.3 is 14.2 Å². The first-order valence-electron chi connectivity index (χ1n) is 6.74. The Morgan fingerprint density at radius 1 is 1.50 bits per heavy atom. The van der Waals surface area contributed by atoms with E-state index in [0.717, 1.165) is 25.3 Å². The second kappa shape index (κ2) is 5.13. The van der Waals surface area contributed by atoms with E-state index in [-0.39, 0.29) is 11.9 Å². The van der Waals surface area contributed by atoms with Crippen LogP contribution in [0.4, 0.5) is 0 Å². The van der Waals surface area contributed by atoms with Crippen LogP contribution in [0.5, 0.6) is 0 Å². The van der Waals surface area contributed by atoms with Gasteiger partial charge in [0.2, 0.25) is 0 Å². The first-order valence-corrected chi connectivity index (χ1v) is 6.74. The van der Waals surface area contributed by atoms with Gasteiger partial charge in [-0.25, -0.2) is 0 Å². The van der Waals surface area contributed by atoms with Crippen molar-refractivity contribution in [2.24, 2.45) is 0 Å². The van der Waals surface area contributed by atoms with Gasteiger partial charge in [0.1, 0.15) is 5.69 Å². The Kier molecular flexibility index (Phi) is 3.31. The van der Waals surface area contributed by atoms with Gasteiger partial charge in [-0.15, -0.1) is 0 Å². The number of likely N-dealkylation sites (N-methyl/N-ethyl adjacent to an activating group) is 1. The Morgan fingerprint density at radius 3 is 3.05 bits per heavy atom. The molecule has 2 aromatic heterocycles. The molecular weight excluding hydrogens is 256 g/mol. The van der Waals surface area contributed by atoms with E-state index in [1.54, 1.807) is 18.4 Å². The molecule has 2 aromatic rings. The fourth-order valence-corrected chi connectivity index (χ4v) is 2.58. The highest BCUT2D eigenvalue weighted by Gasteiger charge is 2.28. The third kappa shape index (κ3) is 2.34. The molecule has 1 amide bonds. The SMILES string of the molecule is C[C@@H]1CN(C)CCN1C(=O)c1cc(-c2ccco2)[nH]n1. The minimum Gasteiger partial charge on any atom is -0.463 e. The van der Waals surface area contributed by atoms with Gasteiger partial charge in [-0.2, -0.15) is 5.10 Å². The van der Waals surface area contributed by atoms with Gasteiger partial charge in [-0.05, 0) is 26.1 Å². The summed E-state index contributed by atoms with van der Waals surface area (Å²) >= 11 is 0. The van der Waals surface area contributed by atoms with Gasteiger partial charge >= 0.3 is 0 Å². The van der Waals surface area contributed by atoms with Crippen molar-refractivity contribution >= 4 is 5.91 Å². The number of carbonyl (C=O) groups is 1. The lowest BCUT2D eigenvalue weighted by molar-refractivity contribution is 0.0527. The standard InChI is InChI=1S/C14H18N4O2/c1-10-9-17(2)5-6-18(10)14(19)12-8-11(15-16-12)13-4-3-7-20-13/h3-4,7-8,10H,5-6,9H2,1-2H3,(H,15,16)/t10-/m1/s1. The Balaban J connectivity index is 1.78. The quantitative estimate of drug-likeness (QED) is 0.900. The van der Waals surface area contributed by atoms with E-state index in [1.165, 1.54) is 0 Å². The molecule has 3 rings (SSSR count). The number of nitrogens with one attached hydrogen (secondary N) is 1. The van der Waals surface area contributed by atoms with Crippen LogP contribution < -0.4 is 0 Å². The summed E-state index contributed by atoms with van der Waals surface area (Å²) in [6, 6.07) is 5.58. The van der Waals surface area contributed by atoms with Crippen molar-refractivity contribution in [3.8, 4) is 11.5 Å². The van der Waals surface area contributed by atoms with Crippen molar-refractivity contribution in [1.82, 2.24) is 20.0 Å². The van der Waals surface area contributed by atoms with Crippen molar-refractivity contribution in [2.75, 3.05) is 26.7 Å². The van der Waals surface area contributed by atoms with Crippen LogP contribution >= 0.6 is 0 Å². The molecule has 6 nitrogen and oxygen atoms in total. The van der Waals surface area contributed by atoms with Gasteiger partial charge in [0.05, 0.1) is 6.26 Å². The molecule has 1 N–H and O–H groups in total. The van der Waals surface area contributed by atoms with Crippen molar-refractivity contribution in [1.29, 1.82) is 0 Å². The molecule has 1 saturated heterocycles. The maximum absolute atomic E-state index is 12.5. The van der Waals surface area contributed by atoms with Crippen LogP contribution in [0, 0.1) is 0 Å². The monoisotopic (exact) mass is 274 g/mol. The van der Waals surface area contributed by atoms with E-state index < -0.39 is 0 Å². The molecule has 6 heteroatoms. The van der Waals surface area contributed by atoms with E-state index in [4.69, 9.17) is 4.42 Å². The summed E-state index contributed by atoms with van der Waals surface area (Å²) in [5, 5.41) is 6.96. The minimum absolute atomic E-state index is 0.0281. The maximum Gasteiger partial charge on any atom is 0.274 e. The number of hydrogen-bond donors (Lipinski definition) is 1. The molecule has 1 fully saturated rings. The lowest BCUT2D eigenvalue weighted by atomic mass is 10.2. The van der Waals surface area contributed by atoms with Crippen LogP contribution in [0.3, 0.4) is 0 Å². The summed E-state index contributed by atoms with van der Waals surface area (Å²) in [7, 11) is 2.07. The van der Waals surface area contributed by atoms with Gasteiger partial charge in [-0.3, -0.25) is 9.89 Å². The van der Waals surface area contributed by atoms with Crippen LogP contribution in [-0.4, -0.2) is 58.6 Å². The molecule has 0 saturated carbocycles. The zero-order valence-corrected chi connectivity index (χ0v) is 11.7. The lowest BCUT2D eigenvalue weighted by Crippen LogP contribution is -2.52. The predicted octanol–water partition coefficient (Wildman–Crippen LogP) is 1.45. The summed E-state index contributed by atoms with van der Waals surface area (Å²) in [5.74, 6) is 0.655. The smallest absolute Gasteiger partial charge is 0.274 e. The van der Waals surface area contributed by atoms with Gasteiger partial charge in [-0.1, -0.05) is 0 Å². The van der Waals surface area contributed by atoms with Crippen molar-refractivity contribution < 1.29 is 9.21 Å². The topological polar surface area (TPSA) is 65.4 Å². The maximum atomic E-state index is 12.5. The van der Waals surface area contributed by atoms with E-state index in [9.17, 15) is 4.79 Å². The molecule has 1 aliphatic rings. The molecule has 106 valence electrons. The third-order valence-corrected chi connectivity index (χ3v) is 3.68. The lowest BCUT2D eigenvalue weighted by Gasteiger charge is -2.37. The molecular formula is C14H18N4O2. The highest BCUT2D eigenvalue weighted by Crippen LogP contribution is 2.19. The van der Waals surface area contributed by atoms with Gasteiger partial charge in [0.15, 0.2) is 11.5 Å². The number of aromatic nitrogens is 2. The molecule has 0 radical (unpaired) electrons. The molecule has 0 aliphatic carbocycles. The number of carbonyl (C=O) groups excluding carboxylic acids is 1. The third-order valence-electron chi connectivity index (χ3n) is 3.68. The first-order chi connectivity index (χ1) is 9.65. The second-order valence-corrected chi connectivity index (χ2v) is 5.25. The van der Waals surface area contributed by atoms with E-state index in [0.29, 0.717) is 11.5 Å². The Labute approximate surface area is 117 Å². The van der Waals surface area contributed by atoms with Crippen LogP contribution in [0.15, 0.2) is 28.9 Å². The number of H-pyrrole nitrogens is 1. The minimum atomic E-state index is -0.0281. The summed E-state index contributed by atoms with van der Waals surface area (Å²) in [6.45, 7) is 4.58. The number of amides is 1. The fourth-order valence-electron chi connectivity index (χ4n) is 2.58. The van der Waals surface area contributed by atoms with E-state index in [1.807, 2.05) is 11.0 Å². The predicted molar refractivity (Wildman–Crippen MR) is 74.3 cm³/mol. The number of hydrogen-bond acceptors (Lipinski definition) is 4. The molecule has 3 heterocycles. The molecule has 0 spiro atoms. The summed E-state index contributed by atoms with van der Waals surface area (Å²) in [6.07, 6.45) is 1.60. The number of nitrogens with zero attached hydrogens (tertiary/aromatic N) is 3. The number of piperazine rings is 1. The van der Waals surface area contributed by atoms with Crippen molar-refractivity contribution in [3.05, 3.63) is 30.2 Å². The number of aromatic amines is 1. The average molecular weight is 274 g/mol. The molecule has 20 heavy (non-hydrogen) atoms. The summed E-state index contributed by atoms with van der Waals surface area (Å²) < 4.78 is 5.29. The molecule has 0 aromatic carbocycles. The van der Waals surface area contributed by atoms with Gasteiger partial charge in [0, 0.05) is 31.7 Å². The van der Waals surface area contributed by atoms with Crippen LogP contribution in [-0.2, 0) is 0 Å². The Hall–Kier alpha value is -2.08. The fraction of sp³-hybridized carbons (Fsp3) is 0.429. The zero-order chi connectivity index (χ0) is 14.1. The number of furan rings is 1. The van der Waals surface area contributed by atoms with Gasteiger partial charge in [0.25, 0.3) is 5.91 Å². The Morgan fingerprint density at radius 2 is 2.35 bits per heavy atom. The van der Waals surface area contributed by atoms with E-state index in [2.05, 4.69) is 29.1 Å². The number of rotatable bonds is 2. The Bertz CT molecular complexity index is 590. The molecule has 1 aliphatic heterocycles. The highest BCUT2D eigenvalue weighted by atomic mass is 16.3. The molecule has 0 bridgehead atoms.